The van der Waals surface area contributed by atoms with E-state index in [9.17, 15) is 0 Å². The second-order valence-electron chi connectivity index (χ2n) is 15.4. The van der Waals surface area contributed by atoms with E-state index in [-0.39, 0.29) is 11.2 Å². The third-order valence-electron chi connectivity index (χ3n) is 10.9. The predicted molar refractivity (Wildman–Crippen MR) is 185 cm³/mol. The minimum atomic E-state index is -0.238. The number of furan rings is 1. The van der Waals surface area contributed by atoms with Crippen LogP contribution >= 0.6 is 0 Å². The number of halogens is 1. The van der Waals surface area contributed by atoms with Gasteiger partial charge in [0.1, 0.15) is 24.0 Å². The fourth-order valence-electron chi connectivity index (χ4n) is 8.60. The molecule has 2 fully saturated rings. The third kappa shape index (κ3) is 5.96. The Labute approximate surface area is 268 Å². The van der Waals surface area contributed by atoms with Gasteiger partial charge in [-0.2, -0.15) is 0 Å². The van der Waals surface area contributed by atoms with Gasteiger partial charge in [0.2, 0.25) is 5.69 Å². The number of aromatic nitrogens is 1. The lowest BCUT2D eigenvalue weighted by Crippen LogP contribution is -2.31. The maximum atomic E-state index is 15.7. The summed E-state index contributed by atoms with van der Waals surface area (Å²) in [7, 11) is 2.09. The SMILES string of the molecule is Cc1ccc2c(oc3c(-c4ccc(C5CCC(C6CCCCC6)CC5)cc4)c(F)ccc32)c1-c1cc(CC(C)(C)C)cc[n+]1C. The van der Waals surface area contributed by atoms with Gasteiger partial charge in [0.15, 0.2) is 6.20 Å². The molecule has 7 rings (SSSR count). The standard InChI is InChI=1S/C42H49FNO/c1-27-11-20-34-35-21-22-36(43)39(41(35)45-40(34)38(27)37-25-28(23-24-44(37)5)26-42(2,3)4)33-18-16-32(17-19-33)31-14-12-30(13-15-31)29-9-7-6-8-10-29/h11,16-25,29-31H,6-10,12-15,26H2,1-5H3/q+1. The maximum Gasteiger partial charge on any atom is 0.216 e. The molecule has 2 heterocycles. The first-order chi connectivity index (χ1) is 21.7. The van der Waals surface area contributed by atoms with E-state index in [1.54, 1.807) is 6.07 Å². The minimum Gasteiger partial charge on any atom is -0.454 e. The highest BCUT2D eigenvalue weighted by Gasteiger charge is 2.29. The molecule has 3 heteroatoms. The lowest BCUT2D eigenvalue weighted by Gasteiger charge is -2.36. The fourth-order valence-corrected chi connectivity index (χ4v) is 8.60. The van der Waals surface area contributed by atoms with Crippen molar-refractivity contribution >= 4 is 21.9 Å². The molecule has 234 valence electrons. The average Bonchev–Trinajstić information content (AvgIpc) is 3.40. The quantitative estimate of drug-likeness (QED) is 0.183. The summed E-state index contributed by atoms with van der Waals surface area (Å²) in [5.74, 6) is 2.27. The molecule has 2 saturated carbocycles. The van der Waals surface area contributed by atoms with Gasteiger partial charge in [0.05, 0.1) is 11.1 Å². The van der Waals surface area contributed by atoms with Gasteiger partial charge in [-0.1, -0.05) is 89.3 Å². The Morgan fingerprint density at radius 1 is 0.756 bits per heavy atom. The summed E-state index contributed by atoms with van der Waals surface area (Å²) in [6.45, 7) is 8.96. The Morgan fingerprint density at radius 3 is 2.09 bits per heavy atom. The summed E-state index contributed by atoms with van der Waals surface area (Å²) in [6, 6.07) is 21.0. The second-order valence-corrected chi connectivity index (χ2v) is 15.4. The predicted octanol–water partition coefficient (Wildman–Crippen LogP) is 11.6. The van der Waals surface area contributed by atoms with Crippen LogP contribution in [0.5, 0.6) is 0 Å². The molecule has 0 radical (unpaired) electrons. The van der Waals surface area contributed by atoms with E-state index >= 15 is 4.39 Å². The van der Waals surface area contributed by atoms with E-state index in [1.165, 1.54) is 68.9 Å². The summed E-state index contributed by atoms with van der Waals surface area (Å²) < 4.78 is 24.6. The summed E-state index contributed by atoms with van der Waals surface area (Å²) >= 11 is 0. The average molecular weight is 603 g/mol. The zero-order chi connectivity index (χ0) is 31.3. The highest BCUT2D eigenvalue weighted by atomic mass is 19.1. The van der Waals surface area contributed by atoms with Crippen LogP contribution in [0.25, 0.3) is 44.3 Å². The minimum absolute atomic E-state index is 0.188. The van der Waals surface area contributed by atoms with Crippen LogP contribution in [0.4, 0.5) is 4.39 Å². The zero-order valence-corrected chi connectivity index (χ0v) is 27.9. The molecule has 2 aromatic heterocycles. The van der Waals surface area contributed by atoms with E-state index in [4.69, 9.17) is 4.42 Å². The van der Waals surface area contributed by atoms with E-state index in [0.29, 0.717) is 17.1 Å². The number of pyridine rings is 1. The molecule has 0 amide bonds. The first kappa shape index (κ1) is 30.2. The van der Waals surface area contributed by atoms with Gasteiger partial charge in [-0.3, -0.25) is 0 Å². The topological polar surface area (TPSA) is 17.0 Å². The monoisotopic (exact) mass is 602 g/mol. The number of fused-ring (bicyclic) bond motifs is 3. The highest BCUT2D eigenvalue weighted by molar-refractivity contribution is 6.13. The molecular weight excluding hydrogens is 553 g/mol. The van der Waals surface area contributed by atoms with Crippen molar-refractivity contribution in [2.45, 2.75) is 97.8 Å². The van der Waals surface area contributed by atoms with Gasteiger partial charge < -0.3 is 4.42 Å². The fraction of sp³-hybridized carbons (Fsp3) is 0.452. The van der Waals surface area contributed by atoms with Crippen molar-refractivity contribution < 1.29 is 13.4 Å². The molecule has 0 saturated heterocycles. The van der Waals surface area contributed by atoms with Gasteiger partial charge >= 0.3 is 0 Å². The van der Waals surface area contributed by atoms with Gasteiger partial charge in [-0.15, -0.1) is 0 Å². The van der Waals surface area contributed by atoms with Crippen molar-refractivity contribution in [3.05, 3.63) is 89.4 Å². The van der Waals surface area contributed by atoms with E-state index < -0.39 is 0 Å². The number of benzene rings is 3. The smallest absolute Gasteiger partial charge is 0.216 e. The third-order valence-corrected chi connectivity index (χ3v) is 10.9. The number of rotatable bonds is 5. The molecule has 3 aromatic carbocycles. The van der Waals surface area contributed by atoms with Crippen LogP contribution in [0.15, 0.2) is 71.3 Å². The molecule has 2 nitrogen and oxygen atoms in total. The zero-order valence-electron chi connectivity index (χ0n) is 27.9. The highest BCUT2D eigenvalue weighted by Crippen LogP contribution is 2.45. The molecule has 0 unspecified atom stereocenters. The summed E-state index contributed by atoms with van der Waals surface area (Å²) in [5, 5.41) is 1.99. The number of aryl methyl sites for hydroxylation is 2. The second kappa shape index (κ2) is 12.0. The van der Waals surface area contributed by atoms with Crippen LogP contribution in [0.1, 0.15) is 101 Å². The summed E-state index contributed by atoms with van der Waals surface area (Å²) in [4.78, 5) is 0. The Hall–Kier alpha value is -3.46. The van der Waals surface area contributed by atoms with Gasteiger partial charge in [0.25, 0.3) is 0 Å². The van der Waals surface area contributed by atoms with Crippen molar-refractivity contribution in [1.82, 2.24) is 0 Å². The van der Waals surface area contributed by atoms with Crippen LogP contribution in [0, 0.1) is 30.0 Å². The maximum absolute atomic E-state index is 15.7. The normalized spacial score (nSPS) is 19.9. The first-order valence-electron chi connectivity index (χ1n) is 17.4. The summed E-state index contributed by atoms with van der Waals surface area (Å²) in [5.41, 5.74) is 9.13. The van der Waals surface area contributed by atoms with Crippen LogP contribution in [-0.2, 0) is 13.5 Å². The van der Waals surface area contributed by atoms with Crippen molar-refractivity contribution in [3.63, 3.8) is 0 Å². The molecular formula is C42H49FNO+. The summed E-state index contributed by atoms with van der Waals surface area (Å²) in [6.07, 6.45) is 15.6. The molecule has 45 heavy (non-hydrogen) atoms. The first-order valence-corrected chi connectivity index (χ1v) is 17.4. The van der Waals surface area contributed by atoms with Crippen LogP contribution in [-0.4, -0.2) is 0 Å². The van der Waals surface area contributed by atoms with E-state index in [0.717, 1.165) is 57.0 Å². The Morgan fingerprint density at radius 2 is 1.40 bits per heavy atom. The largest absolute Gasteiger partial charge is 0.454 e. The lowest BCUT2D eigenvalue weighted by atomic mass is 9.70. The van der Waals surface area contributed by atoms with Gasteiger partial charge in [0, 0.05) is 22.9 Å². The molecule has 2 aliphatic carbocycles. The molecule has 0 N–H and O–H groups in total. The molecule has 0 spiro atoms. The van der Waals surface area contributed by atoms with Crippen LogP contribution in [0.2, 0.25) is 0 Å². The van der Waals surface area contributed by atoms with E-state index in [2.05, 4.69) is 94.0 Å². The van der Waals surface area contributed by atoms with Crippen molar-refractivity contribution in [2.75, 3.05) is 0 Å². The molecule has 2 aliphatic rings. The van der Waals surface area contributed by atoms with E-state index in [1.807, 2.05) is 6.07 Å². The van der Waals surface area contributed by atoms with Crippen molar-refractivity contribution in [3.8, 4) is 22.4 Å². The molecule has 0 bridgehead atoms. The molecule has 0 atom stereocenters. The lowest BCUT2D eigenvalue weighted by molar-refractivity contribution is -0.660. The number of hydrogen-bond acceptors (Lipinski definition) is 1. The van der Waals surface area contributed by atoms with Crippen LogP contribution in [0.3, 0.4) is 0 Å². The van der Waals surface area contributed by atoms with Gasteiger partial charge in [-0.05, 0) is 96.6 Å². The number of nitrogens with zero attached hydrogens (tertiary/aromatic N) is 1. The Kier molecular flexibility index (Phi) is 8.09. The molecule has 0 aliphatic heterocycles. The van der Waals surface area contributed by atoms with Crippen LogP contribution < -0.4 is 4.57 Å². The van der Waals surface area contributed by atoms with Crippen molar-refractivity contribution in [2.24, 2.45) is 24.3 Å². The van der Waals surface area contributed by atoms with Crippen molar-refractivity contribution in [1.29, 1.82) is 0 Å². The van der Waals surface area contributed by atoms with Gasteiger partial charge in [-0.25, -0.2) is 8.96 Å². The Bertz CT molecular complexity index is 1830. The Balaban J connectivity index is 1.23. The number of hydrogen-bond donors (Lipinski definition) is 0. The molecule has 5 aromatic rings.